The summed E-state index contributed by atoms with van der Waals surface area (Å²) in [5.74, 6) is 0. The molecule has 0 heterocycles. The first-order valence-electron chi connectivity index (χ1n) is 13.9. The monoisotopic (exact) mass is 506 g/mol. The first kappa shape index (κ1) is 22.8. The van der Waals surface area contributed by atoms with E-state index in [0.29, 0.717) is 0 Å². The summed E-state index contributed by atoms with van der Waals surface area (Å²) in [7, 11) is 0. The molecule has 0 fully saturated rings. The Hall–Kier alpha value is -5.20. The summed E-state index contributed by atoms with van der Waals surface area (Å²) in [5.41, 5.74) is 7.55. The van der Waals surface area contributed by atoms with Crippen molar-refractivity contribution in [2.24, 2.45) is 0 Å². The van der Waals surface area contributed by atoms with E-state index in [1.807, 2.05) is 0 Å². The molecule has 40 heavy (non-hydrogen) atoms. The van der Waals surface area contributed by atoms with Crippen LogP contribution in [0.1, 0.15) is 0 Å². The van der Waals surface area contributed by atoms with E-state index in [2.05, 4.69) is 158 Å². The van der Waals surface area contributed by atoms with Crippen LogP contribution in [0.4, 0.5) is 0 Å². The predicted octanol–water partition coefficient (Wildman–Crippen LogP) is 11.3. The summed E-state index contributed by atoms with van der Waals surface area (Å²) in [6, 6.07) is 57.5. The Labute approximate surface area is 233 Å². The van der Waals surface area contributed by atoms with E-state index in [1.165, 1.54) is 76.5 Å². The highest BCUT2D eigenvalue weighted by molar-refractivity contribution is 6.21. The third-order valence-electron chi connectivity index (χ3n) is 8.25. The third-order valence-corrected chi connectivity index (χ3v) is 8.25. The average Bonchev–Trinajstić information content (AvgIpc) is 3.03. The quantitative estimate of drug-likeness (QED) is 0.165. The zero-order chi connectivity index (χ0) is 26.5. The van der Waals surface area contributed by atoms with E-state index >= 15 is 0 Å². The summed E-state index contributed by atoms with van der Waals surface area (Å²) in [6.07, 6.45) is 0. The summed E-state index contributed by atoms with van der Waals surface area (Å²) in [6.45, 7) is 0. The van der Waals surface area contributed by atoms with E-state index in [9.17, 15) is 0 Å². The van der Waals surface area contributed by atoms with Gasteiger partial charge in [0.1, 0.15) is 0 Å². The molecule has 0 atom stereocenters. The van der Waals surface area contributed by atoms with Gasteiger partial charge in [-0.1, -0.05) is 152 Å². The minimum absolute atomic E-state index is 1.23. The molecule has 0 aliphatic carbocycles. The van der Waals surface area contributed by atoms with Gasteiger partial charge >= 0.3 is 0 Å². The van der Waals surface area contributed by atoms with Gasteiger partial charge in [0.15, 0.2) is 0 Å². The molecule has 0 aromatic heterocycles. The van der Waals surface area contributed by atoms with Crippen LogP contribution in [0.5, 0.6) is 0 Å². The van der Waals surface area contributed by atoms with Crippen molar-refractivity contribution in [2.75, 3.05) is 0 Å². The maximum atomic E-state index is 2.32. The molecule has 186 valence electrons. The zero-order valence-electron chi connectivity index (χ0n) is 22.0. The lowest BCUT2D eigenvalue weighted by Crippen LogP contribution is -1.90. The van der Waals surface area contributed by atoms with Gasteiger partial charge < -0.3 is 0 Å². The highest BCUT2D eigenvalue weighted by Gasteiger charge is 2.16. The maximum absolute atomic E-state index is 2.32. The Kier molecular flexibility index (Phi) is 5.24. The maximum Gasteiger partial charge on any atom is -0.00264 e. The Morgan fingerprint density at radius 1 is 0.225 bits per heavy atom. The summed E-state index contributed by atoms with van der Waals surface area (Å²) >= 11 is 0. The van der Waals surface area contributed by atoms with Gasteiger partial charge in [0.25, 0.3) is 0 Å². The lowest BCUT2D eigenvalue weighted by Gasteiger charge is -2.18. The molecule has 0 N–H and O–H groups in total. The fourth-order valence-electron chi connectivity index (χ4n) is 6.38. The second-order valence-corrected chi connectivity index (χ2v) is 10.5. The van der Waals surface area contributed by atoms with Crippen molar-refractivity contribution in [1.82, 2.24) is 0 Å². The number of fused-ring (bicyclic) bond motifs is 5. The molecule has 0 saturated heterocycles. The van der Waals surface area contributed by atoms with Crippen molar-refractivity contribution in [3.05, 3.63) is 158 Å². The molecule has 8 aromatic carbocycles. The van der Waals surface area contributed by atoms with Crippen LogP contribution in [0.2, 0.25) is 0 Å². The predicted molar refractivity (Wildman–Crippen MR) is 173 cm³/mol. The topological polar surface area (TPSA) is 0 Å². The molecule has 0 radical (unpaired) electrons. The molecule has 0 unspecified atom stereocenters. The van der Waals surface area contributed by atoms with Crippen LogP contribution >= 0.6 is 0 Å². The molecule has 0 nitrogen and oxygen atoms in total. The number of hydrogen-bond donors (Lipinski definition) is 0. The highest BCUT2D eigenvalue weighted by Crippen LogP contribution is 2.43. The smallest absolute Gasteiger partial charge is 0.00264 e. The van der Waals surface area contributed by atoms with Gasteiger partial charge in [-0.25, -0.2) is 0 Å². The van der Waals surface area contributed by atoms with E-state index in [4.69, 9.17) is 0 Å². The second kappa shape index (κ2) is 9.22. The molecular weight excluding hydrogens is 480 g/mol. The normalized spacial score (nSPS) is 11.5. The Morgan fingerprint density at radius 3 is 1.27 bits per heavy atom. The fourth-order valence-corrected chi connectivity index (χ4v) is 6.38. The van der Waals surface area contributed by atoms with Gasteiger partial charge in [0, 0.05) is 0 Å². The van der Waals surface area contributed by atoms with Crippen LogP contribution in [0.25, 0.3) is 76.5 Å². The molecule has 0 heteroatoms. The van der Waals surface area contributed by atoms with Gasteiger partial charge in [-0.05, 0) is 82.5 Å². The Balaban J connectivity index is 1.29. The SMILES string of the molecule is c1ccc(-c2c3ccccc3c(-c3ccc(-c4ccc5c(ccc6ccccc65)c4)cc3)c3ccccc23)cc1. The summed E-state index contributed by atoms with van der Waals surface area (Å²) < 4.78 is 0. The van der Waals surface area contributed by atoms with Crippen LogP contribution in [0.3, 0.4) is 0 Å². The fraction of sp³-hybridized carbons (Fsp3) is 0. The van der Waals surface area contributed by atoms with Gasteiger partial charge in [-0.2, -0.15) is 0 Å². The van der Waals surface area contributed by atoms with E-state index in [-0.39, 0.29) is 0 Å². The van der Waals surface area contributed by atoms with Gasteiger partial charge in [-0.15, -0.1) is 0 Å². The number of benzene rings is 8. The Bertz CT molecular complexity index is 2130. The first-order chi connectivity index (χ1) is 19.8. The van der Waals surface area contributed by atoms with Crippen LogP contribution in [0.15, 0.2) is 158 Å². The lowest BCUT2D eigenvalue weighted by molar-refractivity contribution is 1.63. The minimum Gasteiger partial charge on any atom is -0.0622 e. The highest BCUT2D eigenvalue weighted by atomic mass is 14.2. The standard InChI is InChI=1S/C40H26/c1-2-11-29(12-3-1)39-35-14-6-8-16-37(35)40(38-17-9-7-15-36(38)39)30-21-18-27(19-22-30)31-24-25-34-32(26-31)23-20-28-10-4-5-13-33(28)34/h1-26H. The summed E-state index contributed by atoms with van der Waals surface area (Å²) in [4.78, 5) is 0. The first-order valence-corrected chi connectivity index (χ1v) is 13.9. The zero-order valence-corrected chi connectivity index (χ0v) is 22.0. The minimum atomic E-state index is 1.23. The van der Waals surface area contributed by atoms with Crippen LogP contribution in [-0.2, 0) is 0 Å². The van der Waals surface area contributed by atoms with Gasteiger partial charge in [0.05, 0.1) is 0 Å². The van der Waals surface area contributed by atoms with Gasteiger partial charge in [-0.3, -0.25) is 0 Å². The van der Waals surface area contributed by atoms with Crippen molar-refractivity contribution in [2.45, 2.75) is 0 Å². The van der Waals surface area contributed by atoms with Crippen molar-refractivity contribution in [3.63, 3.8) is 0 Å². The molecule has 0 aliphatic rings. The Morgan fingerprint density at radius 2 is 0.650 bits per heavy atom. The van der Waals surface area contributed by atoms with Crippen molar-refractivity contribution in [1.29, 1.82) is 0 Å². The summed E-state index contributed by atoms with van der Waals surface area (Å²) in [5, 5.41) is 10.3. The van der Waals surface area contributed by atoms with E-state index in [0.717, 1.165) is 0 Å². The molecule has 0 spiro atoms. The average molecular weight is 507 g/mol. The largest absolute Gasteiger partial charge is 0.0622 e. The van der Waals surface area contributed by atoms with Crippen LogP contribution < -0.4 is 0 Å². The van der Waals surface area contributed by atoms with Crippen molar-refractivity contribution in [3.8, 4) is 33.4 Å². The molecule has 0 amide bonds. The number of hydrogen-bond acceptors (Lipinski definition) is 0. The lowest BCUT2D eigenvalue weighted by atomic mass is 9.85. The van der Waals surface area contributed by atoms with Crippen molar-refractivity contribution < 1.29 is 0 Å². The van der Waals surface area contributed by atoms with Crippen molar-refractivity contribution >= 4 is 43.1 Å². The van der Waals surface area contributed by atoms with Gasteiger partial charge in [0.2, 0.25) is 0 Å². The van der Waals surface area contributed by atoms with Crippen LogP contribution in [-0.4, -0.2) is 0 Å². The molecule has 0 aliphatic heterocycles. The molecular formula is C40H26. The van der Waals surface area contributed by atoms with Crippen LogP contribution in [0, 0.1) is 0 Å². The van der Waals surface area contributed by atoms with E-state index in [1.54, 1.807) is 0 Å². The molecule has 0 saturated carbocycles. The van der Waals surface area contributed by atoms with E-state index < -0.39 is 0 Å². The second-order valence-electron chi connectivity index (χ2n) is 10.5. The molecule has 0 bridgehead atoms. The third kappa shape index (κ3) is 3.61. The molecule has 8 rings (SSSR count). The number of rotatable bonds is 3. The molecule has 8 aromatic rings.